The van der Waals surface area contributed by atoms with E-state index in [1.54, 1.807) is 29.3 Å². The summed E-state index contributed by atoms with van der Waals surface area (Å²) in [6.07, 6.45) is 3.69. The van der Waals surface area contributed by atoms with E-state index in [4.69, 9.17) is 4.74 Å². The predicted octanol–water partition coefficient (Wildman–Crippen LogP) is 2.71. The number of carbonyl (C=O) groups is 2. The molecule has 1 amide bonds. The Morgan fingerprint density at radius 2 is 2.11 bits per heavy atom. The van der Waals surface area contributed by atoms with Gasteiger partial charge in [0.25, 0.3) is 5.91 Å². The van der Waals surface area contributed by atoms with Crippen molar-refractivity contribution in [2.45, 2.75) is 19.9 Å². The van der Waals surface area contributed by atoms with Gasteiger partial charge in [-0.2, -0.15) is 5.10 Å². The molecule has 7 nitrogen and oxygen atoms in total. The number of likely N-dealkylation sites (N-methyl/N-ethyl adjacent to an activating group) is 1. The summed E-state index contributed by atoms with van der Waals surface area (Å²) in [7, 11) is 1.69. The Bertz CT molecular complexity index is 906. The van der Waals surface area contributed by atoms with Crippen molar-refractivity contribution in [3.8, 4) is 5.82 Å². The lowest BCUT2D eigenvalue weighted by atomic mass is 10.2. The van der Waals surface area contributed by atoms with Gasteiger partial charge in [0.1, 0.15) is 5.56 Å². The molecule has 3 aromatic rings. The third-order valence-corrected chi connectivity index (χ3v) is 4.88. The minimum absolute atomic E-state index is 0.257. The molecule has 0 saturated heterocycles. The van der Waals surface area contributed by atoms with Crippen LogP contribution in [0.3, 0.4) is 0 Å². The zero-order chi connectivity index (χ0) is 19.2. The first kappa shape index (κ1) is 18.8. The van der Waals surface area contributed by atoms with Crippen LogP contribution in [0, 0.1) is 0 Å². The van der Waals surface area contributed by atoms with Crippen LogP contribution in [-0.4, -0.2) is 45.2 Å². The van der Waals surface area contributed by atoms with Gasteiger partial charge in [-0.15, -0.1) is 11.3 Å². The van der Waals surface area contributed by atoms with E-state index >= 15 is 0 Å². The van der Waals surface area contributed by atoms with Crippen LogP contribution in [0.2, 0.25) is 0 Å². The van der Waals surface area contributed by atoms with Crippen molar-refractivity contribution in [1.29, 1.82) is 0 Å². The molecular weight excluding hydrogens is 364 g/mol. The molecule has 3 rings (SSSR count). The molecule has 0 radical (unpaired) electrons. The molecule has 0 fully saturated rings. The van der Waals surface area contributed by atoms with Gasteiger partial charge in [-0.1, -0.05) is 19.1 Å². The third kappa shape index (κ3) is 4.40. The number of nitrogens with zero attached hydrogens (tertiary/aromatic N) is 4. The molecule has 0 unspecified atom stereocenters. The highest BCUT2D eigenvalue weighted by molar-refractivity contribution is 7.09. The van der Waals surface area contributed by atoms with Gasteiger partial charge in [0, 0.05) is 18.1 Å². The van der Waals surface area contributed by atoms with Crippen LogP contribution >= 0.6 is 11.3 Å². The second kappa shape index (κ2) is 8.59. The van der Waals surface area contributed by atoms with Gasteiger partial charge < -0.3 is 9.64 Å². The molecule has 0 N–H and O–H groups in total. The summed E-state index contributed by atoms with van der Waals surface area (Å²) in [6, 6.07) is 9.36. The first-order chi connectivity index (χ1) is 13.1. The van der Waals surface area contributed by atoms with Crippen LogP contribution in [0.15, 0.2) is 48.1 Å². The van der Waals surface area contributed by atoms with Crippen LogP contribution in [0.4, 0.5) is 0 Å². The molecule has 3 aromatic heterocycles. The van der Waals surface area contributed by atoms with Crippen molar-refractivity contribution < 1.29 is 14.3 Å². The Labute approximate surface area is 161 Å². The van der Waals surface area contributed by atoms with Crippen molar-refractivity contribution in [3.05, 3.63) is 64.2 Å². The normalized spacial score (nSPS) is 10.6. The summed E-state index contributed by atoms with van der Waals surface area (Å²) >= 11 is 1.58. The summed E-state index contributed by atoms with van der Waals surface area (Å²) in [5.41, 5.74) is 1.04. The zero-order valence-corrected chi connectivity index (χ0v) is 16.0. The number of rotatable bonds is 7. The van der Waals surface area contributed by atoms with Gasteiger partial charge >= 0.3 is 5.97 Å². The second-order valence-electron chi connectivity index (χ2n) is 5.86. The monoisotopic (exact) mass is 384 g/mol. The maximum Gasteiger partial charge on any atom is 0.342 e. The molecule has 0 aliphatic heterocycles. The number of thiophene rings is 1. The first-order valence-corrected chi connectivity index (χ1v) is 9.40. The molecule has 0 atom stereocenters. The summed E-state index contributed by atoms with van der Waals surface area (Å²) in [6.45, 7) is 2.11. The minimum Gasteiger partial charge on any atom is -0.452 e. The Morgan fingerprint density at radius 1 is 1.26 bits per heavy atom. The highest BCUT2D eigenvalue weighted by Gasteiger charge is 2.20. The van der Waals surface area contributed by atoms with Gasteiger partial charge in [-0.3, -0.25) is 4.79 Å². The van der Waals surface area contributed by atoms with Gasteiger partial charge in [0.15, 0.2) is 12.4 Å². The first-order valence-electron chi connectivity index (χ1n) is 8.52. The number of amides is 1. The summed E-state index contributed by atoms with van der Waals surface area (Å²) < 4.78 is 6.83. The Kier molecular flexibility index (Phi) is 5.97. The summed E-state index contributed by atoms with van der Waals surface area (Å²) in [5.74, 6) is -0.195. The van der Waals surface area contributed by atoms with E-state index in [9.17, 15) is 9.59 Å². The third-order valence-electron chi connectivity index (χ3n) is 4.02. The molecule has 0 aromatic carbocycles. The van der Waals surface area contributed by atoms with E-state index in [0.717, 1.165) is 4.88 Å². The van der Waals surface area contributed by atoms with Crippen LogP contribution < -0.4 is 0 Å². The van der Waals surface area contributed by atoms with Crippen molar-refractivity contribution in [2.24, 2.45) is 0 Å². The Morgan fingerprint density at radius 3 is 2.78 bits per heavy atom. The molecule has 140 valence electrons. The van der Waals surface area contributed by atoms with E-state index in [-0.39, 0.29) is 12.5 Å². The molecule has 0 saturated carbocycles. The van der Waals surface area contributed by atoms with Gasteiger partial charge in [-0.25, -0.2) is 14.5 Å². The highest BCUT2D eigenvalue weighted by Crippen LogP contribution is 2.15. The molecule has 27 heavy (non-hydrogen) atoms. The quantitative estimate of drug-likeness (QED) is 0.586. The smallest absolute Gasteiger partial charge is 0.342 e. The van der Waals surface area contributed by atoms with E-state index < -0.39 is 5.97 Å². The highest BCUT2D eigenvalue weighted by atomic mass is 32.1. The largest absolute Gasteiger partial charge is 0.452 e. The number of aromatic nitrogens is 3. The molecular formula is C19H20N4O3S. The Hall–Kier alpha value is -3.00. The van der Waals surface area contributed by atoms with E-state index in [2.05, 4.69) is 10.1 Å². The van der Waals surface area contributed by atoms with E-state index in [1.807, 2.05) is 42.6 Å². The summed E-state index contributed by atoms with van der Waals surface area (Å²) in [5, 5.41) is 6.21. The van der Waals surface area contributed by atoms with Crippen molar-refractivity contribution >= 4 is 23.2 Å². The van der Waals surface area contributed by atoms with E-state index in [1.165, 1.54) is 11.1 Å². The lowest BCUT2D eigenvalue weighted by Gasteiger charge is -2.16. The van der Waals surface area contributed by atoms with Crippen LogP contribution in [0.1, 0.15) is 27.9 Å². The number of pyridine rings is 1. The fourth-order valence-corrected chi connectivity index (χ4v) is 3.36. The standard InChI is InChI=1S/C19H20N4O3S/c1-3-16-15(11-21-23(16)17-8-4-5-9-20-17)19(25)26-13-18(24)22(2)12-14-7-6-10-27-14/h4-11H,3,12-13H2,1-2H3. The predicted molar refractivity (Wildman–Crippen MR) is 102 cm³/mol. The zero-order valence-electron chi connectivity index (χ0n) is 15.2. The van der Waals surface area contributed by atoms with Crippen LogP contribution in [0.5, 0.6) is 0 Å². The van der Waals surface area contributed by atoms with E-state index in [0.29, 0.717) is 30.0 Å². The maximum absolute atomic E-state index is 12.4. The van der Waals surface area contributed by atoms with Crippen LogP contribution in [-0.2, 0) is 22.5 Å². The average Bonchev–Trinajstić information content (AvgIpc) is 3.35. The fraction of sp³-hybridized carbons (Fsp3) is 0.263. The number of ether oxygens (including phenoxy) is 1. The molecule has 3 heterocycles. The van der Waals surface area contributed by atoms with Crippen molar-refractivity contribution in [2.75, 3.05) is 13.7 Å². The number of hydrogen-bond donors (Lipinski definition) is 0. The van der Waals surface area contributed by atoms with Gasteiger partial charge in [0.2, 0.25) is 0 Å². The molecule has 0 aliphatic carbocycles. The minimum atomic E-state index is -0.563. The molecule has 8 heteroatoms. The number of carbonyl (C=O) groups excluding carboxylic acids is 2. The number of esters is 1. The fourth-order valence-electron chi connectivity index (χ4n) is 2.60. The SMILES string of the molecule is CCc1c(C(=O)OCC(=O)N(C)Cc2cccs2)cnn1-c1ccccn1. The molecule has 0 aliphatic rings. The molecule has 0 bridgehead atoms. The Balaban J connectivity index is 1.64. The number of hydrogen-bond acceptors (Lipinski definition) is 6. The molecule has 0 spiro atoms. The lowest BCUT2D eigenvalue weighted by Crippen LogP contribution is -2.30. The van der Waals surface area contributed by atoms with Crippen LogP contribution in [0.25, 0.3) is 5.82 Å². The topological polar surface area (TPSA) is 77.3 Å². The maximum atomic E-state index is 12.4. The second-order valence-corrected chi connectivity index (χ2v) is 6.90. The lowest BCUT2D eigenvalue weighted by molar-refractivity contribution is -0.133. The average molecular weight is 384 g/mol. The van der Waals surface area contributed by atoms with Gasteiger partial charge in [-0.05, 0) is 30.0 Å². The van der Waals surface area contributed by atoms with Gasteiger partial charge in [0.05, 0.1) is 18.4 Å². The summed E-state index contributed by atoms with van der Waals surface area (Å²) in [4.78, 5) is 31.5. The van der Waals surface area contributed by atoms with Crippen molar-refractivity contribution in [1.82, 2.24) is 19.7 Å². The van der Waals surface area contributed by atoms with Crippen molar-refractivity contribution in [3.63, 3.8) is 0 Å².